The first kappa shape index (κ1) is 20.6. The molecular weight excluding hydrogens is 412 g/mol. The van der Waals surface area contributed by atoms with Gasteiger partial charge in [0.05, 0.1) is 28.9 Å². The molecule has 6 heteroatoms. The molecule has 0 aliphatic heterocycles. The number of nitrogens with one attached hydrogen (secondary N) is 1. The second-order valence-corrected chi connectivity index (χ2v) is 8.98. The lowest BCUT2D eigenvalue weighted by molar-refractivity contribution is 0.0600. The van der Waals surface area contributed by atoms with Gasteiger partial charge in [0.2, 0.25) is 0 Å². The highest BCUT2D eigenvalue weighted by Gasteiger charge is 2.18. The summed E-state index contributed by atoms with van der Waals surface area (Å²) in [7, 11) is 1.39. The SMILES string of the molecule is COC(=O)c1cccc(SNC(Cc2cccc(C)c2)c2nc3ccccc3s2)c1. The third kappa shape index (κ3) is 4.90. The molecule has 0 saturated carbocycles. The number of thiazole rings is 1. The van der Waals surface area contributed by atoms with Gasteiger partial charge < -0.3 is 4.74 Å². The molecule has 0 spiro atoms. The minimum absolute atomic E-state index is 0.0379. The van der Waals surface area contributed by atoms with Crippen molar-refractivity contribution in [3.05, 3.63) is 94.5 Å². The fourth-order valence-corrected chi connectivity index (χ4v) is 5.14. The quantitative estimate of drug-likeness (QED) is 0.287. The Hall–Kier alpha value is -2.67. The van der Waals surface area contributed by atoms with Crippen molar-refractivity contribution in [3.8, 4) is 0 Å². The van der Waals surface area contributed by atoms with Crippen molar-refractivity contribution in [2.24, 2.45) is 0 Å². The van der Waals surface area contributed by atoms with Gasteiger partial charge in [0.25, 0.3) is 0 Å². The van der Waals surface area contributed by atoms with Crippen LogP contribution in [-0.4, -0.2) is 18.1 Å². The largest absolute Gasteiger partial charge is 0.465 e. The number of nitrogens with zero attached hydrogens (tertiary/aromatic N) is 1. The van der Waals surface area contributed by atoms with E-state index >= 15 is 0 Å². The van der Waals surface area contributed by atoms with Crippen molar-refractivity contribution in [1.82, 2.24) is 9.71 Å². The monoisotopic (exact) mass is 434 g/mol. The lowest BCUT2D eigenvalue weighted by Gasteiger charge is -2.16. The van der Waals surface area contributed by atoms with E-state index in [0.29, 0.717) is 5.56 Å². The maximum atomic E-state index is 11.8. The van der Waals surface area contributed by atoms with Crippen molar-refractivity contribution < 1.29 is 9.53 Å². The topological polar surface area (TPSA) is 51.2 Å². The van der Waals surface area contributed by atoms with Crippen LogP contribution in [-0.2, 0) is 11.2 Å². The first-order valence-corrected chi connectivity index (χ1v) is 11.3. The second-order valence-electron chi connectivity index (χ2n) is 7.00. The Morgan fingerprint density at radius 1 is 1.10 bits per heavy atom. The molecule has 30 heavy (non-hydrogen) atoms. The number of ether oxygens (including phenoxy) is 1. The van der Waals surface area contributed by atoms with Crippen molar-refractivity contribution in [3.63, 3.8) is 0 Å². The first-order valence-electron chi connectivity index (χ1n) is 9.64. The lowest BCUT2D eigenvalue weighted by Crippen LogP contribution is -2.17. The molecule has 0 fully saturated rings. The van der Waals surface area contributed by atoms with Gasteiger partial charge >= 0.3 is 5.97 Å². The van der Waals surface area contributed by atoms with E-state index in [1.165, 1.54) is 34.9 Å². The van der Waals surface area contributed by atoms with Gasteiger partial charge in [-0.25, -0.2) is 14.5 Å². The summed E-state index contributed by atoms with van der Waals surface area (Å²) in [5.74, 6) is -0.333. The Morgan fingerprint density at radius 3 is 2.73 bits per heavy atom. The highest BCUT2D eigenvalue weighted by atomic mass is 32.2. The smallest absolute Gasteiger partial charge is 0.337 e. The van der Waals surface area contributed by atoms with Crippen molar-refractivity contribution >= 4 is 39.5 Å². The van der Waals surface area contributed by atoms with Gasteiger partial charge in [-0.15, -0.1) is 11.3 Å². The predicted molar refractivity (Wildman–Crippen MR) is 124 cm³/mol. The van der Waals surface area contributed by atoms with Gasteiger partial charge in [-0.1, -0.05) is 48.0 Å². The fourth-order valence-electron chi connectivity index (χ4n) is 3.24. The zero-order valence-electron chi connectivity index (χ0n) is 16.8. The molecule has 4 aromatic rings. The Balaban J connectivity index is 1.59. The number of methoxy groups -OCH3 is 1. The first-order chi connectivity index (χ1) is 14.6. The number of hydrogen-bond donors (Lipinski definition) is 1. The molecule has 4 rings (SSSR count). The molecule has 1 heterocycles. The third-order valence-electron chi connectivity index (χ3n) is 4.71. The molecule has 152 valence electrons. The molecule has 1 N–H and O–H groups in total. The van der Waals surface area contributed by atoms with Gasteiger partial charge in [-0.05, 0) is 61.2 Å². The highest BCUT2D eigenvalue weighted by Crippen LogP contribution is 2.31. The molecular formula is C24H22N2O2S2. The Bertz CT molecular complexity index is 1140. The number of fused-ring (bicyclic) bond motifs is 1. The maximum absolute atomic E-state index is 11.8. The van der Waals surface area contributed by atoms with E-state index in [9.17, 15) is 4.79 Å². The minimum Gasteiger partial charge on any atom is -0.465 e. The van der Waals surface area contributed by atoms with Crippen LogP contribution >= 0.6 is 23.3 Å². The van der Waals surface area contributed by atoms with E-state index < -0.39 is 0 Å². The molecule has 1 aromatic heterocycles. The van der Waals surface area contributed by atoms with Crippen LogP contribution in [0.4, 0.5) is 0 Å². The van der Waals surface area contributed by atoms with Gasteiger partial charge in [0, 0.05) is 4.90 Å². The summed E-state index contributed by atoms with van der Waals surface area (Å²) >= 11 is 3.22. The van der Waals surface area contributed by atoms with Crippen LogP contribution in [0.5, 0.6) is 0 Å². The molecule has 0 bridgehead atoms. The summed E-state index contributed by atoms with van der Waals surface area (Å²) in [6.45, 7) is 2.11. The van der Waals surface area contributed by atoms with Gasteiger partial charge in [-0.2, -0.15) is 0 Å². The number of para-hydroxylation sites is 1. The van der Waals surface area contributed by atoms with Crippen LogP contribution in [0.1, 0.15) is 32.5 Å². The molecule has 0 radical (unpaired) electrons. The molecule has 1 unspecified atom stereocenters. The van der Waals surface area contributed by atoms with Gasteiger partial charge in [0.15, 0.2) is 0 Å². The number of aryl methyl sites for hydroxylation is 1. The Labute approximate surface area is 184 Å². The third-order valence-corrected chi connectivity index (χ3v) is 6.75. The Morgan fingerprint density at radius 2 is 1.93 bits per heavy atom. The summed E-state index contributed by atoms with van der Waals surface area (Å²) < 4.78 is 9.59. The predicted octanol–water partition coefficient (Wildman–Crippen LogP) is 5.97. The number of benzene rings is 3. The van der Waals surface area contributed by atoms with Crippen LogP contribution in [0.25, 0.3) is 10.2 Å². The molecule has 4 nitrogen and oxygen atoms in total. The molecule has 0 saturated heterocycles. The molecule has 0 aliphatic rings. The summed E-state index contributed by atoms with van der Waals surface area (Å²) in [5.41, 5.74) is 4.07. The number of carbonyl (C=O) groups is 1. The van der Waals surface area contributed by atoms with Crippen molar-refractivity contribution in [1.29, 1.82) is 0 Å². The van der Waals surface area contributed by atoms with E-state index in [1.54, 1.807) is 17.4 Å². The summed E-state index contributed by atoms with van der Waals surface area (Å²) in [4.78, 5) is 17.7. The van der Waals surface area contributed by atoms with Crippen molar-refractivity contribution in [2.45, 2.75) is 24.3 Å². The summed E-state index contributed by atoms with van der Waals surface area (Å²) in [6.07, 6.45) is 0.825. The molecule has 1 atom stereocenters. The normalized spacial score (nSPS) is 12.1. The van der Waals surface area contributed by atoms with E-state index in [-0.39, 0.29) is 12.0 Å². The number of carbonyl (C=O) groups excluding carboxylic acids is 1. The van der Waals surface area contributed by atoms with Gasteiger partial charge in [-0.3, -0.25) is 0 Å². The highest BCUT2D eigenvalue weighted by molar-refractivity contribution is 7.97. The fraction of sp³-hybridized carbons (Fsp3) is 0.167. The zero-order valence-corrected chi connectivity index (χ0v) is 18.4. The van der Waals surface area contributed by atoms with E-state index in [2.05, 4.69) is 42.0 Å². The van der Waals surface area contributed by atoms with Crippen molar-refractivity contribution in [2.75, 3.05) is 7.11 Å². The van der Waals surface area contributed by atoms with Crippen LogP contribution in [0.3, 0.4) is 0 Å². The number of aromatic nitrogens is 1. The Kier molecular flexibility index (Phi) is 6.47. The summed E-state index contributed by atoms with van der Waals surface area (Å²) in [5, 5.41) is 1.05. The molecule has 3 aromatic carbocycles. The molecule has 0 amide bonds. The van der Waals surface area contributed by atoms with E-state index in [0.717, 1.165) is 21.8 Å². The van der Waals surface area contributed by atoms with Crippen LogP contribution in [0, 0.1) is 6.92 Å². The number of rotatable bonds is 7. The average Bonchev–Trinajstić information content (AvgIpc) is 3.20. The lowest BCUT2D eigenvalue weighted by atomic mass is 10.0. The standard InChI is InChI=1S/C24H22N2O2S2/c1-16-7-5-8-17(13-16)14-21(23-25-20-11-3-4-12-22(20)29-23)26-30-19-10-6-9-18(15-19)24(27)28-2/h3-13,15,21,26H,14H2,1-2H3. The van der Waals surface area contributed by atoms with Gasteiger partial charge in [0.1, 0.15) is 5.01 Å². The van der Waals surface area contributed by atoms with E-state index in [1.807, 2.05) is 36.4 Å². The van der Waals surface area contributed by atoms with Crippen LogP contribution < -0.4 is 4.72 Å². The number of esters is 1. The summed E-state index contributed by atoms with van der Waals surface area (Å²) in [6, 6.07) is 24.2. The minimum atomic E-state index is -0.333. The van der Waals surface area contributed by atoms with E-state index in [4.69, 9.17) is 9.72 Å². The second kappa shape index (κ2) is 9.43. The maximum Gasteiger partial charge on any atom is 0.337 e. The zero-order chi connectivity index (χ0) is 20.9. The van der Waals surface area contributed by atoms with Crippen LogP contribution in [0.2, 0.25) is 0 Å². The molecule has 0 aliphatic carbocycles. The van der Waals surface area contributed by atoms with Crippen LogP contribution in [0.15, 0.2) is 77.7 Å². The number of hydrogen-bond acceptors (Lipinski definition) is 6. The average molecular weight is 435 g/mol.